The van der Waals surface area contributed by atoms with Gasteiger partial charge in [-0.15, -0.1) is 0 Å². The molecule has 0 spiro atoms. The van der Waals surface area contributed by atoms with Crippen LogP contribution < -0.4 is 0 Å². The third-order valence-electron chi connectivity index (χ3n) is 1.63. The quantitative estimate of drug-likeness (QED) is 0.487. The molecule has 0 atom stereocenters. The summed E-state index contributed by atoms with van der Waals surface area (Å²) in [6, 6.07) is 0. The molecule has 0 aromatic carbocycles. The molecule has 0 saturated carbocycles. The lowest BCUT2D eigenvalue weighted by Gasteiger charge is -2.13. The molecule has 0 aliphatic carbocycles. The highest BCUT2D eigenvalue weighted by Crippen LogP contribution is 2.28. The van der Waals surface area contributed by atoms with Crippen LogP contribution in [0, 0.1) is 16.3 Å². The lowest BCUT2D eigenvalue weighted by Crippen LogP contribution is -2.14. The predicted octanol–water partition coefficient (Wildman–Crippen LogP) is 1.43. The van der Waals surface area contributed by atoms with Crippen molar-refractivity contribution in [2.24, 2.45) is 7.05 Å². The second-order valence-corrected chi connectivity index (χ2v) is 3.94. The molecule has 1 heterocycles. The molecule has 71 valence electrons. The Kier molecular flexibility index (Phi) is 2.11. The number of aryl methyl sites for hydroxylation is 1. The Labute approximate surface area is 76.5 Å². The van der Waals surface area contributed by atoms with Crippen molar-refractivity contribution in [3.63, 3.8) is 0 Å². The fraction of sp³-hybridized carbons (Fsp3) is 0.625. The fourth-order valence-corrected chi connectivity index (χ4v) is 1.06. The normalized spacial score (nSPS) is 11.7. The standard InChI is InChI=1S/C8H12N3O2/c1-8(2,3)7-6(11(12)13)5-10(4)9-7/h1-4H3. The van der Waals surface area contributed by atoms with Gasteiger partial charge in [0.2, 0.25) is 0 Å². The number of hydrogen-bond donors (Lipinski definition) is 0. The van der Waals surface area contributed by atoms with E-state index in [2.05, 4.69) is 11.3 Å². The Morgan fingerprint density at radius 1 is 1.54 bits per heavy atom. The molecule has 1 aromatic rings. The van der Waals surface area contributed by atoms with E-state index in [1.165, 1.54) is 4.68 Å². The summed E-state index contributed by atoms with van der Waals surface area (Å²) in [7, 11) is 1.63. The van der Waals surface area contributed by atoms with Gasteiger partial charge in [-0.05, 0) is 0 Å². The van der Waals surface area contributed by atoms with Crippen LogP contribution in [0.1, 0.15) is 26.5 Å². The van der Waals surface area contributed by atoms with E-state index >= 15 is 0 Å². The van der Waals surface area contributed by atoms with Crippen LogP contribution in [-0.4, -0.2) is 14.7 Å². The topological polar surface area (TPSA) is 61.0 Å². The first-order valence-corrected chi connectivity index (χ1v) is 3.93. The van der Waals surface area contributed by atoms with Crippen LogP contribution in [0.5, 0.6) is 0 Å². The molecule has 1 aromatic heterocycles. The lowest BCUT2D eigenvalue weighted by atomic mass is 9.91. The minimum atomic E-state index is -0.451. The van der Waals surface area contributed by atoms with Crippen molar-refractivity contribution >= 4 is 5.69 Å². The first kappa shape index (κ1) is 9.70. The van der Waals surface area contributed by atoms with Crippen molar-refractivity contribution in [3.8, 4) is 0 Å². The zero-order valence-corrected chi connectivity index (χ0v) is 8.16. The molecule has 0 aliphatic heterocycles. The molecular weight excluding hydrogens is 170 g/mol. The first-order valence-electron chi connectivity index (χ1n) is 3.93. The summed E-state index contributed by atoms with van der Waals surface area (Å²) in [4.78, 5) is 10.2. The highest BCUT2D eigenvalue weighted by molar-refractivity contribution is 5.36. The smallest absolute Gasteiger partial charge is 0.259 e. The van der Waals surface area contributed by atoms with Crippen molar-refractivity contribution in [2.75, 3.05) is 0 Å². The van der Waals surface area contributed by atoms with Gasteiger partial charge in [0.15, 0.2) is 6.20 Å². The van der Waals surface area contributed by atoms with Crippen molar-refractivity contribution in [1.82, 2.24) is 9.78 Å². The van der Waals surface area contributed by atoms with Gasteiger partial charge in [-0.1, -0.05) is 20.8 Å². The Hall–Kier alpha value is -1.39. The summed E-state index contributed by atoms with van der Waals surface area (Å²) in [5, 5.41) is 14.6. The van der Waals surface area contributed by atoms with Gasteiger partial charge < -0.3 is 0 Å². The van der Waals surface area contributed by atoms with Gasteiger partial charge in [-0.2, -0.15) is 5.10 Å². The van der Waals surface area contributed by atoms with Crippen LogP contribution in [-0.2, 0) is 12.5 Å². The molecule has 0 bridgehead atoms. The van der Waals surface area contributed by atoms with Gasteiger partial charge in [0.25, 0.3) is 0 Å². The van der Waals surface area contributed by atoms with Crippen LogP contribution >= 0.6 is 0 Å². The van der Waals surface area contributed by atoms with Crippen LogP contribution in [0.4, 0.5) is 5.69 Å². The van der Waals surface area contributed by atoms with E-state index in [1.807, 2.05) is 20.8 Å². The van der Waals surface area contributed by atoms with E-state index in [0.717, 1.165) is 0 Å². The van der Waals surface area contributed by atoms with Crippen LogP contribution in [0.25, 0.3) is 0 Å². The van der Waals surface area contributed by atoms with Crippen LogP contribution in [0.15, 0.2) is 0 Å². The molecule has 5 nitrogen and oxygen atoms in total. The molecule has 13 heavy (non-hydrogen) atoms. The highest BCUT2D eigenvalue weighted by Gasteiger charge is 2.29. The zero-order chi connectivity index (χ0) is 10.2. The van der Waals surface area contributed by atoms with Gasteiger partial charge >= 0.3 is 5.69 Å². The molecule has 1 radical (unpaired) electrons. The highest BCUT2D eigenvalue weighted by atomic mass is 16.6. The van der Waals surface area contributed by atoms with E-state index in [0.29, 0.717) is 5.69 Å². The van der Waals surface area contributed by atoms with Crippen LogP contribution in [0.2, 0.25) is 0 Å². The largest absolute Gasteiger partial charge is 0.320 e. The third kappa shape index (κ3) is 1.85. The van der Waals surface area contributed by atoms with Gasteiger partial charge in [0.05, 0.1) is 4.92 Å². The fourth-order valence-electron chi connectivity index (χ4n) is 1.06. The summed E-state index contributed by atoms with van der Waals surface area (Å²) >= 11 is 0. The number of nitro groups is 1. The monoisotopic (exact) mass is 182 g/mol. The molecular formula is C8H12N3O2. The van der Waals surface area contributed by atoms with E-state index in [4.69, 9.17) is 0 Å². The van der Waals surface area contributed by atoms with Gasteiger partial charge in [-0.3, -0.25) is 14.8 Å². The molecule has 0 fully saturated rings. The third-order valence-corrected chi connectivity index (χ3v) is 1.63. The molecule has 1 rings (SSSR count). The Bertz CT molecular complexity index is 336. The zero-order valence-electron chi connectivity index (χ0n) is 8.16. The van der Waals surface area contributed by atoms with Crippen molar-refractivity contribution in [1.29, 1.82) is 0 Å². The minimum absolute atomic E-state index is 0.0324. The second kappa shape index (κ2) is 2.83. The molecule has 5 heteroatoms. The summed E-state index contributed by atoms with van der Waals surface area (Å²) in [6.07, 6.45) is 2.56. The minimum Gasteiger partial charge on any atom is -0.259 e. The maximum Gasteiger partial charge on any atom is 0.320 e. The number of nitrogens with zero attached hydrogens (tertiary/aromatic N) is 3. The molecule has 0 aliphatic rings. The van der Waals surface area contributed by atoms with Crippen molar-refractivity contribution in [2.45, 2.75) is 26.2 Å². The van der Waals surface area contributed by atoms with Gasteiger partial charge in [0, 0.05) is 12.5 Å². The van der Waals surface area contributed by atoms with Crippen LogP contribution in [0.3, 0.4) is 0 Å². The lowest BCUT2D eigenvalue weighted by molar-refractivity contribution is -0.386. The van der Waals surface area contributed by atoms with Gasteiger partial charge in [-0.25, -0.2) is 0 Å². The van der Waals surface area contributed by atoms with Crippen molar-refractivity contribution < 1.29 is 4.92 Å². The SMILES string of the molecule is Cn1[c]c([N+](=O)[O-])c(C(C)(C)C)n1. The maximum atomic E-state index is 10.6. The average molecular weight is 182 g/mol. The van der Waals surface area contributed by atoms with E-state index in [9.17, 15) is 10.1 Å². The summed E-state index contributed by atoms with van der Waals surface area (Å²) in [6.45, 7) is 5.66. The Morgan fingerprint density at radius 3 is 2.38 bits per heavy atom. The predicted molar refractivity (Wildman–Crippen MR) is 47.4 cm³/mol. The Balaban J connectivity index is 3.28. The van der Waals surface area contributed by atoms with E-state index in [1.54, 1.807) is 7.05 Å². The number of hydrogen-bond acceptors (Lipinski definition) is 3. The van der Waals surface area contributed by atoms with E-state index < -0.39 is 4.92 Å². The summed E-state index contributed by atoms with van der Waals surface area (Å²) in [5.41, 5.74) is 0.121. The molecule has 0 saturated heterocycles. The van der Waals surface area contributed by atoms with Gasteiger partial charge in [0.1, 0.15) is 5.69 Å². The second-order valence-electron chi connectivity index (χ2n) is 3.94. The number of rotatable bonds is 1. The molecule has 0 amide bonds. The van der Waals surface area contributed by atoms with E-state index in [-0.39, 0.29) is 11.1 Å². The molecule has 0 unspecified atom stereocenters. The summed E-state index contributed by atoms with van der Waals surface area (Å²) < 4.78 is 1.35. The maximum absolute atomic E-state index is 10.6. The number of aromatic nitrogens is 2. The summed E-state index contributed by atoms with van der Waals surface area (Å²) in [5.74, 6) is 0. The Morgan fingerprint density at radius 2 is 2.08 bits per heavy atom. The van der Waals surface area contributed by atoms with Crippen molar-refractivity contribution in [3.05, 3.63) is 22.0 Å². The average Bonchev–Trinajstić information content (AvgIpc) is 2.29. The molecule has 0 N–H and O–H groups in total. The first-order chi connectivity index (χ1) is 5.82.